The molecule has 0 amide bonds. The Balaban J connectivity index is 2.02. The molecule has 2 aromatic carbocycles. The molecule has 1 fully saturated rings. The summed E-state index contributed by atoms with van der Waals surface area (Å²) in [7, 11) is -1.70. The Kier molecular flexibility index (Phi) is 3.74. The molecule has 3 rings (SSSR count). The minimum Gasteiger partial charge on any atom is -0.403 e. The van der Waals surface area contributed by atoms with Crippen molar-refractivity contribution in [3.63, 3.8) is 0 Å². The van der Waals surface area contributed by atoms with Gasteiger partial charge in [0.05, 0.1) is 6.61 Å². The largest absolute Gasteiger partial charge is 0.403 e. The standard InChI is InChI=1S/C18H22O2Si/c1-21(2,3)20-18(16-12-8-5-9-13-16)14-19-17(18)15-10-6-4-7-11-15/h4-13,17H,14H2,1-3H3/t17-,18+/m1/s1. The molecule has 110 valence electrons. The van der Waals surface area contributed by atoms with Crippen LogP contribution in [0.25, 0.3) is 0 Å². The molecule has 0 saturated carbocycles. The van der Waals surface area contributed by atoms with E-state index >= 15 is 0 Å². The van der Waals surface area contributed by atoms with Gasteiger partial charge in [0.15, 0.2) is 8.32 Å². The first-order chi connectivity index (χ1) is 10.0. The zero-order valence-corrected chi connectivity index (χ0v) is 13.9. The smallest absolute Gasteiger partial charge is 0.185 e. The summed E-state index contributed by atoms with van der Waals surface area (Å²) in [5.41, 5.74) is 2.06. The van der Waals surface area contributed by atoms with Gasteiger partial charge in [-0.05, 0) is 30.8 Å². The predicted molar refractivity (Wildman–Crippen MR) is 87.7 cm³/mol. The Morgan fingerprint density at radius 2 is 1.52 bits per heavy atom. The van der Waals surface area contributed by atoms with E-state index in [1.165, 1.54) is 11.1 Å². The average molecular weight is 298 g/mol. The SMILES string of the molecule is C[Si](C)(C)O[C@]1(c2ccccc2)CO[C@@H]1c1ccccc1. The predicted octanol–water partition coefficient (Wildman–Crippen LogP) is 4.50. The lowest BCUT2D eigenvalue weighted by Gasteiger charge is -2.52. The highest BCUT2D eigenvalue weighted by molar-refractivity contribution is 6.69. The highest BCUT2D eigenvalue weighted by Gasteiger charge is 2.53. The van der Waals surface area contributed by atoms with Crippen molar-refractivity contribution >= 4 is 8.32 Å². The van der Waals surface area contributed by atoms with Crippen molar-refractivity contribution in [2.24, 2.45) is 0 Å². The van der Waals surface area contributed by atoms with Gasteiger partial charge in [-0.25, -0.2) is 0 Å². The zero-order valence-electron chi connectivity index (χ0n) is 12.9. The maximum atomic E-state index is 6.63. The van der Waals surface area contributed by atoms with Crippen LogP contribution in [0.4, 0.5) is 0 Å². The second-order valence-corrected chi connectivity index (χ2v) is 11.0. The Morgan fingerprint density at radius 3 is 2.00 bits per heavy atom. The fourth-order valence-electron chi connectivity index (χ4n) is 2.95. The van der Waals surface area contributed by atoms with E-state index in [4.69, 9.17) is 9.16 Å². The van der Waals surface area contributed by atoms with Gasteiger partial charge in [0.25, 0.3) is 0 Å². The van der Waals surface area contributed by atoms with E-state index < -0.39 is 8.32 Å². The Hall–Kier alpha value is -1.42. The second-order valence-electron chi connectivity index (χ2n) is 6.57. The van der Waals surface area contributed by atoms with Gasteiger partial charge in [-0.2, -0.15) is 0 Å². The quantitative estimate of drug-likeness (QED) is 0.773. The molecular weight excluding hydrogens is 276 g/mol. The van der Waals surface area contributed by atoms with Gasteiger partial charge >= 0.3 is 0 Å². The highest BCUT2D eigenvalue weighted by Crippen LogP contribution is 2.50. The first kappa shape index (κ1) is 14.5. The molecule has 21 heavy (non-hydrogen) atoms. The molecule has 2 aromatic rings. The minimum atomic E-state index is -1.70. The van der Waals surface area contributed by atoms with E-state index in [0.29, 0.717) is 6.61 Å². The highest BCUT2D eigenvalue weighted by atomic mass is 28.4. The third-order valence-corrected chi connectivity index (χ3v) is 4.72. The van der Waals surface area contributed by atoms with E-state index in [2.05, 4.69) is 68.2 Å². The molecule has 0 bridgehead atoms. The number of ether oxygens (including phenoxy) is 1. The molecular formula is C18H22O2Si. The normalized spacial score (nSPS) is 25.4. The number of hydrogen-bond acceptors (Lipinski definition) is 2. The van der Waals surface area contributed by atoms with Gasteiger partial charge in [-0.1, -0.05) is 60.7 Å². The molecule has 1 aliphatic rings. The van der Waals surface area contributed by atoms with E-state index in [-0.39, 0.29) is 11.7 Å². The van der Waals surface area contributed by atoms with Crippen LogP contribution in [0.15, 0.2) is 60.7 Å². The van der Waals surface area contributed by atoms with Crippen molar-refractivity contribution < 1.29 is 9.16 Å². The van der Waals surface area contributed by atoms with Crippen LogP contribution in [0, 0.1) is 0 Å². The third kappa shape index (κ3) is 2.82. The van der Waals surface area contributed by atoms with Gasteiger partial charge in [-0.3, -0.25) is 0 Å². The van der Waals surface area contributed by atoms with Crippen LogP contribution in [-0.2, 0) is 14.8 Å². The zero-order chi connectivity index (χ0) is 14.9. The molecule has 0 N–H and O–H groups in total. The van der Waals surface area contributed by atoms with Crippen molar-refractivity contribution in [1.82, 2.24) is 0 Å². The Morgan fingerprint density at radius 1 is 0.952 bits per heavy atom. The van der Waals surface area contributed by atoms with E-state index in [9.17, 15) is 0 Å². The van der Waals surface area contributed by atoms with Gasteiger partial charge in [0.1, 0.15) is 11.7 Å². The molecule has 0 radical (unpaired) electrons. The third-order valence-electron chi connectivity index (χ3n) is 3.74. The van der Waals surface area contributed by atoms with Crippen LogP contribution in [-0.4, -0.2) is 14.9 Å². The van der Waals surface area contributed by atoms with Gasteiger partial charge < -0.3 is 9.16 Å². The summed E-state index contributed by atoms with van der Waals surface area (Å²) in [6.07, 6.45) is -0.0205. The Bertz CT molecular complexity index is 592. The van der Waals surface area contributed by atoms with Crippen molar-refractivity contribution in [1.29, 1.82) is 0 Å². The second kappa shape index (κ2) is 5.41. The number of hydrogen-bond donors (Lipinski definition) is 0. The molecule has 1 saturated heterocycles. The van der Waals surface area contributed by atoms with Gasteiger partial charge in [-0.15, -0.1) is 0 Å². The van der Waals surface area contributed by atoms with Crippen molar-refractivity contribution in [3.8, 4) is 0 Å². The summed E-state index contributed by atoms with van der Waals surface area (Å²) in [6, 6.07) is 20.9. The number of benzene rings is 2. The molecule has 0 unspecified atom stereocenters. The van der Waals surface area contributed by atoms with Gasteiger partial charge in [0.2, 0.25) is 0 Å². The maximum absolute atomic E-state index is 6.63. The first-order valence-corrected chi connectivity index (χ1v) is 10.8. The topological polar surface area (TPSA) is 18.5 Å². The van der Waals surface area contributed by atoms with E-state index in [0.717, 1.165) is 0 Å². The fraction of sp³-hybridized carbons (Fsp3) is 0.333. The van der Waals surface area contributed by atoms with Crippen LogP contribution in [0.3, 0.4) is 0 Å². The monoisotopic (exact) mass is 298 g/mol. The summed E-state index contributed by atoms with van der Waals surface area (Å²) in [5.74, 6) is 0. The minimum absolute atomic E-state index is 0.0205. The molecule has 0 aliphatic carbocycles. The van der Waals surface area contributed by atoms with Crippen LogP contribution in [0.5, 0.6) is 0 Å². The summed E-state index contributed by atoms with van der Waals surface area (Å²) in [6.45, 7) is 7.33. The molecule has 2 atom stereocenters. The summed E-state index contributed by atoms with van der Waals surface area (Å²) in [4.78, 5) is 0. The van der Waals surface area contributed by atoms with Crippen LogP contribution < -0.4 is 0 Å². The fourth-order valence-corrected chi connectivity index (χ4v) is 4.33. The molecule has 0 aromatic heterocycles. The lowest BCUT2D eigenvalue weighted by molar-refractivity contribution is -0.239. The lowest BCUT2D eigenvalue weighted by Crippen LogP contribution is -2.55. The van der Waals surface area contributed by atoms with Crippen molar-refractivity contribution in [2.45, 2.75) is 31.3 Å². The molecule has 2 nitrogen and oxygen atoms in total. The van der Waals surface area contributed by atoms with Crippen molar-refractivity contribution in [3.05, 3.63) is 71.8 Å². The van der Waals surface area contributed by atoms with Crippen LogP contribution in [0.1, 0.15) is 17.2 Å². The number of rotatable bonds is 4. The van der Waals surface area contributed by atoms with E-state index in [1.807, 2.05) is 12.1 Å². The van der Waals surface area contributed by atoms with Crippen molar-refractivity contribution in [2.75, 3.05) is 6.61 Å². The average Bonchev–Trinajstić information content (AvgIpc) is 2.45. The Labute approximate surface area is 127 Å². The summed E-state index contributed by atoms with van der Waals surface area (Å²) < 4.78 is 12.6. The maximum Gasteiger partial charge on any atom is 0.185 e. The molecule has 1 aliphatic heterocycles. The van der Waals surface area contributed by atoms with E-state index in [1.54, 1.807) is 0 Å². The first-order valence-electron chi connectivity index (χ1n) is 7.43. The van der Waals surface area contributed by atoms with Crippen LogP contribution >= 0.6 is 0 Å². The molecule has 0 spiro atoms. The summed E-state index contributed by atoms with van der Waals surface area (Å²) >= 11 is 0. The van der Waals surface area contributed by atoms with Crippen LogP contribution in [0.2, 0.25) is 19.6 Å². The lowest BCUT2D eigenvalue weighted by atomic mass is 9.81. The molecule has 3 heteroatoms. The molecule has 1 heterocycles. The summed E-state index contributed by atoms with van der Waals surface area (Å²) in [5, 5.41) is 0. The van der Waals surface area contributed by atoms with Gasteiger partial charge in [0, 0.05) is 0 Å².